The molecule has 2 bridgehead atoms. The van der Waals surface area contributed by atoms with E-state index in [1.54, 1.807) is 0 Å². The van der Waals surface area contributed by atoms with Gasteiger partial charge in [-0.15, -0.1) is 0 Å². The Kier molecular flexibility index (Phi) is 2.74. The van der Waals surface area contributed by atoms with Crippen LogP contribution in [0.15, 0.2) is 0 Å². The van der Waals surface area contributed by atoms with Gasteiger partial charge in [-0.3, -0.25) is 0 Å². The third-order valence-electron chi connectivity index (χ3n) is 7.01. The normalized spacial score (nSPS) is 48.6. The number of alkyl halides is 3. The van der Waals surface area contributed by atoms with Gasteiger partial charge in [0.05, 0.1) is 0 Å². The van der Waals surface area contributed by atoms with Crippen LogP contribution in [0.1, 0.15) is 53.4 Å². The van der Waals surface area contributed by atoms with Gasteiger partial charge in [0.25, 0.3) is 0 Å². The van der Waals surface area contributed by atoms with E-state index in [1.807, 2.05) is 0 Å². The third-order valence-corrected chi connectivity index (χ3v) is 7.01. The number of halogens is 3. The molecule has 4 heteroatoms. The molecule has 3 aliphatic rings. The summed E-state index contributed by atoms with van der Waals surface area (Å²) in [4.78, 5) is 0. The van der Waals surface area contributed by atoms with Crippen molar-refractivity contribution < 1.29 is 18.3 Å². The minimum atomic E-state index is -4.53. The second kappa shape index (κ2) is 3.74. The summed E-state index contributed by atoms with van der Waals surface area (Å²) in [6, 6.07) is 0. The Morgan fingerprint density at radius 3 is 2.35 bits per heavy atom. The van der Waals surface area contributed by atoms with Crippen molar-refractivity contribution in [2.45, 2.75) is 65.2 Å². The monoisotopic (exact) mass is 290 g/mol. The largest absolute Gasteiger partial charge is 0.416 e. The standard InChI is InChI=1S/C16H25F3O/c1-9-12-11-5-6-15(9,12)10(7-13(11,2)3)8-14(4,20)16(17,18)19/h9-12,20H,5-8H2,1-4H3. The van der Waals surface area contributed by atoms with Gasteiger partial charge in [0.15, 0.2) is 5.60 Å². The summed E-state index contributed by atoms with van der Waals surface area (Å²) in [5, 5.41) is 9.89. The first-order valence-corrected chi connectivity index (χ1v) is 7.72. The molecule has 1 N–H and O–H groups in total. The van der Waals surface area contributed by atoms with Crippen LogP contribution in [0.2, 0.25) is 0 Å². The van der Waals surface area contributed by atoms with Crippen molar-refractivity contribution in [1.82, 2.24) is 0 Å². The van der Waals surface area contributed by atoms with Crippen molar-refractivity contribution in [3.05, 3.63) is 0 Å². The molecule has 0 aromatic rings. The molecule has 3 rings (SSSR count). The second-order valence-corrected chi connectivity index (χ2v) is 8.44. The van der Waals surface area contributed by atoms with Crippen LogP contribution < -0.4 is 0 Å². The summed E-state index contributed by atoms with van der Waals surface area (Å²) in [6.07, 6.45) is -1.62. The van der Waals surface area contributed by atoms with Crippen LogP contribution in [0, 0.1) is 34.5 Å². The number of hydrogen-bond donors (Lipinski definition) is 1. The molecule has 6 unspecified atom stereocenters. The Morgan fingerprint density at radius 1 is 1.25 bits per heavy atom. The Bertz CT molecular complexity index is 426. The lowest BCUT2D eigenvalue weighted by molar-refractivity contribution is -0.261. The number of hydrogen-bond acceptors (Lipinski definition) is 1. The topological polar surface area (TPSA) is 20.2 Å². The van der Waals surface area contributed by atoms with Crippen LogP contribution in [-0.4, -0.2) is 16.9 Å². The van der Waals surface area contributed by atoms with Crippen molar-refractivity contribution in [2.75, 3.05) is 0 Å². The van der Waals surface area contributed by atoms with E-state index >= 15 is 0 Å². The molecular formula is C16H25F3O. The Balaban J connectivity index is 1.87. The van der Waals surface area contributed by atoms with Gasteiger partial charge in [0.2, 0.25) is 0 Å². The molecule has 3 aliphatic carbocycles. The fourth-order valence-electron chi connectivity index (χ4n) is 5.95. The quantitative estimate of drug-likeness (QED) is 0.799. The molecule has 0 heterocycles. The molecule has 0 radical (unpaired) electrons. The molecule has 0 amide bonds. The van der Waals surface area contributed by atoms with Gasteiger partial charge in [-0.25, -0.2) is 0 Å². The molecule has 0 aromatic heterocycles. The summed E-state index contributed by atoms with van der Waals surface area (Å²) >= 11 is 0. The summed E-state index contributed by atoms with van der Waals surface area (Å²) in [5.74, 6) is 1.81. The van der Waals surface area contributed by atoms with Gasteiger partial charge in [0, 0.05) is 0 Å². The van der Waals surface area contributed by atoms with E-state index in [9.17, 15) is 18.3 Å². The highest BCUT2D eigenvalue weighted by molar-refractivity contribution is 5.23. The van der Waals surface area contributed by atoms with Crippen LogP contribution in [0.25, 0.3) is 0 Å². The van der Waals surface area contributed by atoms with Crippen LogP contribution in [-0.2, 0) is 0 Å². The van der Waals surface area contributed by atoms with E-state index in [-0.39, 0.29) is 23.2 Å². The molecule has 0 aromatic carbocycles. The lowest BCUT2D eigenvalue weighted by atomic mass is 9.63. The summed E-state index contributed by atoms with van der Waals surface area (Å²) < 4.78 is 39.0. The van der Waals surface area contributed by atoms with E-state index in [4.69, 9.17) is 0 Å². The molecule has 3 saturated carbocycles. The van der Waals surface area contributed by atoms with E-state index in [1.165, 1.54) is 0 Å². The molecule has 0 saturated heterocycles. The van der Waals surface area contributed by atoms with Crippen molar-refractivity contribution in [3.8, 4) is 0 Å². The summed E-state index contributed by atoms with van der Waals surface area (Å²) in [5.41, 5.74) is -2.33. The second-order valence-electron chi connectivity index (χ2n) is 8.44. The maximum atomic E-state index is 13.0. The minimum Gasteiger partial charge on any atom is -0.381 e. The Labute approximate surface area is 118 Å². The highest BCUT2D eigenvalue weighted by Gasteiger charge is 2.76. The van der Waals surface area contributed by atoms with E-state index < -0.39 is 11.8 Å². The van der Waals surface area contributed by atoms with Gasteiger partial charge in [-0.05, 0) is 67.1 Å². The van der Waals surface area contributed by atoms with E-state index in [0.29, 0.717) is 17.8 Å². The Hall–Kier alpha value is -0.250. The fraction of sp³-hybridized carbons (Fsp3) is 1.00. The molecule has 0 aliphatic heterocycles. The van der Waals surface area contributed by atoms with Crippen molar-refractivity contribution >= 4 is 0 Å². The molecule has 1 nitrogen and oxygen atoms in total. The van der Waals surface area contributed by atoms with Gasteiger partial charge in [0.1, 0.15) is 0 Å². The lowest BCUT2D eigenvalue weighted by Gasteiger charge is -2.43. The maximum Gasteiger partial charge on any atom is 0.416 e. The van der Waals surface area contributed by atoms with Crippen molar-refractivity contribution in [2.24, 2.45) is 34.5 Å². The van der Waals surface area contributed by atoms with Gasteiger partial charge in [-0.1, -0.05) is 20.8 Å². The Morgan fingerprint density at radius 2 is 1.85 bits per heavy atom. The average Bonchev–Trinajstić information content (AvgIpc) is 2.68. The van der Waals surface area contributed by atoms with Gasteiger partial charge >= 0.3 is 6.18 Å². The summed E-state index contributed by atoms with van der Waals surface area (Å²) in [6.45, 7) is 7.55. The number of aliphatic hydroxyl groups is 1. The molecule has 6 atom stereocenters. The van der Waals surface area contributed by atoms with Crippen molar-refractivity contribution in [1.29, 1.82) is 0 Å². The predicted molar refractivity (Wildman–Crippen MR) is 71.0 cm³/mol. The first kappa shape index (κ1) is 14.7. The average molecular weight is 290 g/mol. The smallest absolute Gasteiger partial charge is 0.381 e. The molecular weight excluding hydrogens is 265 g/mol. The zero-order valence-electron chi connectivity index (χ0n) is 12.7. The highest BCUT2D eigenvalue weighted by atomic mass is 19.4. The van der Waals surface area contributed by atoms with Crippen LogP contribution in [0.5, 0.6) is 0 Å². The third kappa shape index (κ3) is 1.66. The molecule has 116 valence electrons. The lowest BCUT2D eigenvalue weighted by Crippen LogP contribution is -2.46. The fourth-order valence-corrected chi connectivity index (χ4v) is 5.95. The minimum absolute atomic E-state index is 0.00729. The van der Waals surface area contributed by atoms with Crippen LogP contribution in [0.3, 0.4) is 0 Å². The molecule has 20 heavy (non-hydrogen) atoms. The SMILES string of the molecule is CC1C2C3CCC12C(CC(C)(O)C(F)(F)F)CC3(C)C. The maximum absolute atomic E-state index is 13.0. The first-order chi connectivity index (χ1) is 8.93. The van der Waals surface area contributed by atoms with Crippen molar-refractivity contribution in [3.63, 3.8) is 0 Å². The van der Waals surface area contributed by atoms with Crippen LogP contribution in [0.4, 0.5) is 13.2 Å². The molecule has 0 spiro atoms. The molecule has 3 fully saturated rings. The van der Waals surface area contributed by atoms with E-state index in [0.717, 1.165) is 26.2 Å². The summed E-state index contributed by atoms with van der Waals surface area (Å²) in [7, 11) is 0. The first-order valence-electron chi connectivity index (χ1n) is 7.72. The van der Waals surface area contributed by atoms with Crippen LogP contribution >= 0.6 is 0 Å². The zero-order chi connectivity index (χ0) is 15.1. The van der Waals surface area contributed by atoms with Gasteiger partial charge < -0.3 is 5.11 Å². The number of rotatable bonds is 2. The van der Waals surface area contributed by atoms with Gasteiger partial charge in [-0.2, -0.15) is 13.2 Å². The zero-order valence-corrected chi connectivity index (χ0v) is 12.7. The van der Waals surface area contributed by atoms with E-state index in [2.05, 4.69) is 20.8 Å². The predicted octanol–water partition coefficient (Wildman–Crippen LogP) is 4.40. The highest BCUT2D eigenvalue weighted by Crippen LogP contribution is 2.81.